The minimum atomic E-state index is -0.312. The SMILES string of the molecule is CN1C(=O)CC[C@@]2(C)C1CC[C@@H]1[C@H]2CC[C@]2(C)C(CNC(=O)C(C)(C)C)CC[C@@H]12. The molecule has 1 saturated heterocycles. The van der Waals surface area contributed by atoms with E-state index in [0.717, 1.165) is 37.1 Å². The summed E-state index contributed by atoms with van der Waals surface area (Å²) in [6, 6.07) is 0.442. The Kier molecular flexibility index (Phi) is 5.10. The molecule has 7 atom stereocenters. The molecule has 0 spiro atoms. The first-order chi connectivity index (χ1) is 13.5. The lowest BCUT2D eigenvalue weighted by Crippen LogP contribution is -2.61. The maximum absolute atomic E-state index is 12.4. The summed E-state index contributed by atoms with van der Waals surface area (Å²) in [6.07, 6.45) is 9.44. The lowest BCUT2D eigenvalue weighted by atomic mass is 9.47. The molecule has 164 valence electrons. The van der Waals surface area contributed by atoms with E-state index in [1.54, 1.807) is 0 Å². The Balaban J connectivity index is 1.49. The van der Waals surface area contributed by atoms with Crippen LogP contribution in [0.4, 0.5) is 0 Å². The van der Waals surface area contributed by atoms with Crippen LogP contribution < -0.4 is 5.32 Å². The summed E-state index contributed by atoms with van der Waals surface area (Å²) >= 11 is 0. The van der Waals surface area contributed by atoms with E-state index >= 15 is 0 Å². The zero-order valence-electron chi connectivity index (χ0n) is 19.5. The highest BCUT2D eigenvalue weighted by Gasteiger charge is 2.61. The predicted octanol–water partition coefficient (Wildman–Crippen LogP) is 4.63. The monoisotopic (exact) mass is 402 g/mol. The van der Waals surface area contributed by atoms with Crippen LogP contribution in [0.5, 0.6) is 0 Å². The molecule has 3 aliphatic carbocycles. The van der Waals surface area contributed by atoms with Gasteiger partial charge in [-0.25, -0.2) is 0 Å². The molecule has 4 rings (SSSR count). The molecular formula is C25H42N2O2. The topological polar surface area (TPSA) is 49.4 Å². The van der Waals surface area contributed by atoms with E-state index in [-0.39, 0.29) is 11.3 Å². The van der Waals surface area contributed by atoms with E-state index in [1.165, 1.54) is 38.5 Å². The maximum atomic E-state index is 12.4. The number of rotatable bonds is 2. The van der Waals surface area contributed by atoms with Crippen molar-refractivity contribution in [3.63, 3.8) is 0 Å². The second-order valence-corrected chi connectivity index (χ2v) is 12.3. The number of carbonyl (C=O) groups is 2. The van der Waals surface area contributed by atoms with Crippen LogP contribution >= 0.6 is 0 Å². The van der Waals surface area contributed by atoms with Crippen LogP contribution in [-0.4, -0.2) is 36.3 Å². The Hall–Kier alpha value is -1.06. The molecule has 4 heteroatoms. The predicted molar refractivity (Wildman–Crippen MR) is 116 cm³/mol. The second-order valence-electron chi connectivity index (χ2n) is 12.3. The van der Waals surface area contributed by atoms with Gasteiger partial charge in [0.05, 0.1) is 0 Å². The van der Waals surface area contributed by atoms with E-state index in [0.29, 0.717) is 28.7 Å². The van der Waals surface area contributed by atoms with Gasteiger partial charge in [-0.1, -0.05) is 34.6 Å². The number of hydrogen-bond donors (Lipinski definition) is 1. The van der Waals surface area contributed by atoms with Gasteiger partial charge in [-0.05, 0) is 79.4 Å². The first-order valence-electron chi connectivity index (χ1n) is 12.0. The molecule has 4 nitrogen and oxygen atoms in total. The fourth-order valence-corrected chi connectivity index (χ4v) is 8.08. The van der Waals surface area contributed by atoms with Crippen LogP contribution in [0.15, 0.2) is 0 Å². The third kappa shape index (κ3) is 3.24. The Bertz CT molecular complexity index is 683. The summed E-state index contributed by atoms with van der Waals surface area (Å²) in [6.45, 7) is 11.9. The Morgan fingerprint density at radius 3 is 2.41 bits per heavy atom. The first kappa shape index (κ1) is 21.2. The Labute approximate surface area is 177 Å². The van der Waals surface area contributed by atoms with E-state index in [4.69, 9.17) is 0 Å². The Morgan fingerprint density at radius 2 is 1.72 bits per heavy atom. The summed E-state index contributed by atoms with van der Waals surface area (Å²) in [7, 11) is 2.04. The van der Waals surface area contributed by atoms with Crippen molar-refractivity contribution in [2.75, 3.05) is 13.6 Å². The summed E-state index contributed by atoms with van der Waals surface area (Å²) in [5.41, 5.74) is 0.353. The number of amides is 2. The highest BCUT2D eigenvalue weighted by Crippen LogP contribution is 2.66. The van der Waals surface area contributed by atoms with Gasteiger partial charge in [-0.15, -0.1) is 0 Å². The summed E-state index contributed by atoms with van der Waals surface area (Å²) in [5.74, 6) is 3.50. The molecule has 29 heavy (non-hydrogen) atoms. The highest BCUT2D eigenvalue weighted by molar-refractivity contribution is 5.81. The van der Waals surface area contributed by atoms with Crippen molar-refractivity contribution in [1.29, 1.82) is 0 Å². The van der Waals surface area contributed by atoms with Gasteiger partial charge in [0.1, 0.15) is 0 Å². The van der Waals surface area contributed by atoms with Crippen LogP contribution in [0.1, 0.15) is 86.0 Å². The number of carbonyl (C=O) groups excluding carboxylic acids is 2. The quantitative estimate of drug-likeness (QED) is 0.732. The second kappa shape index (κ2) is 6.99. The molecule has 4 fully saturated rings. The Morgan fingerprint density at radius 1 is 1.03 bits per heavy atom. The molecule has 1 aliphatic heterocycles. The van der Waals surface area contributed by atoms with Crippen LogP contribution in [0.3, 0.4) is 0 Å². The van der Waals surface area contributed by atoms with Crippen molar-refractivity contribution in [2.24, 2.45) is 39.9 Å². The van der Waals surface area contributed by atoms with Crippen molar-refractivity contribution in [2.45, 2.75) is 92.0 Å². The average Bonchev–Trinajstić information content (AvgIpc) is 2.99. The van der Waals surface area contributed by atoms with Gasteiger partial charge < -0.3 is 10.2 Å². The molecular weight excluding hydrogens is 360 g/mol. The minimum absolute atomic E-state index is 0.182. The molecule has 1 N–H and O–H groups in total. The molecule has 2 unspecified atom stereocenters. The van der Waals surface area contributed by atoms with Crippen LogP contribution in [-0.2, 0) is 9.59 Å². The summed E-state index contributed by atoms with van der Waals surface area (Å²) in [4.78, 5) is 26.8. The zero-order valence-corrected chi connectivity index (χ0v) is 19.5. The van der Waals surface area contributed by atoms with Crippen molar-refractivity contribution < 1.29 is 9.59 Å². The van der Waals surface area contributed by atoms with E-state index in [9.17, 15) is 9.59 Å². The fourth-order valence-electron chi connectivity index (χ4n) is 8.08. The van der Waals surface area contributed by atoms with Gasteiger partial charge in [0.25, 0.3) is 0 Å². The van der Waals surface area contributed by atoms with E-state index in [2.05, 4.69) is 24.1 Å². The smallest absolute Gasteiger partial charge is 0.225 e. The van der Waals surface area contributed by atoms with Gasteiger partial charge in [0, 0.05) is 31.5 Å². The standard InChI is InChI=1S/C25H42N2O2/c1-23(2,3)22(29)26-15-16-7-9-18-17-8-10-20-25(5,14-12-21(28)27(20)6)19(17)11-13-24(16,18)4/h16-20H,7-15H2,1-6H3,(H,26,29)/t16?,17-,18-,19+,20?,24+,25+/m0/s1. The number of hydrogen-bond acceptors (Lipinski definition) is 2. The van der Waals surface area contributed by atoms with Gasteiger partial charge in [-0.2, -0.15) is 0 Å². The number of nitrogens with one attached hydrogen (secondary N) is 1. The molecule has 0 radical (unpaired) electrons. The zero-order chi connectivity index (χ0) is 21.2. The molecule has 2 amide bonds. The number of likely N-dealkylation sites (tertiary alicyclic amines) is 1. The number of nitrogens with zero attached hydrogens (tertiary/aromatic N) is 1. The third-order valence-corrected chi connectivity index (χ3v) is 9.94. The normalized spacial score (nSPS) is 44.7. The lowest BCUT2D eigenvalue weighted by molar-refractivity contribution is -0.158. The van der Waals surface area contributed by atoms with Gasteiger partial charge in [0.2, 0.25) is 11.8 Å². The summed E-state index contributed by atoms with van der Waals surface area (Å²) in [5, 5.41) is 3.28. The van der Waals surface area contributed by atoms with Crippen molar-refractivity contribution in [1.82, 2.24) is 10.2 Å². The van der Waals surface area contributed by atoms with E-state index < -0.39 is 0 Å². The maximum Gasteiger partial charge on any atom is 0.225 e. The van der Waals surface area contributed by atoms with Gasteiger partial charge in [0.15, 0.2) is 0 Å². The average molecular weight is 403 g/mol. The van der Waals surface area contributed by atoms with Gasteiger partial charge >= 0.3 is 0 Å². The van der Waals surface area contributed by atoms with Crippen molar-refractivity contribution in [3.8, 4) is 0 Å². The molecule has 0 aromatic carbocycles. The molecule has 0 aromatic rings. The van der Waals surface area contributed by atoms with Crippen molar-refractivity contribution in [3.05, 3.63) is 0 Å². The number of fused-ring (bicyclic) bond motifs is 5. The largest absolute Gasteiger partial charge is 0.355 e. The molecule has 4 aliphatic rings. The molecule has 3 saturated carbocycles. The third-order valence-electron chi connectivity index (χ3n) is 9.94. The van der Waals surface area contributed by atoms with Gasteiger partial charge in [-0.3, -0.25) is 9.59 Å². The number of piperidine rings is 1. The van der Waals surface area contributed by atoms with E-state index in [1.807, 2.05) is 27.8 Å². The van der Waals surface area contributed by atoms with Crippen molar-refractivity contribution >= 4 is 11.8 Å². The fraction of sp³-hybridized carbons (Fsp3) is 0.920. The summed E-state index contributed by atoms with van der Waals surface area (Å²) < 4.78 is 0. The minimum Gasteiger partial charge on any atom is -0.355 e. The van der Waals surface area contributed by atoms with Crippen LogP contribution in [0.2, 0.25) is 0 Å². The van der Waals surface area contributed by atoms with Crippen LogP contribution in [0.25, 0.3) is 0 Å². The lowest BCUT2D eigenvalue weighted by Gasteiger charge is -2.61. The molecule has 0 aromatic heterocycles. The first-order valence-corrected chi connectivity index (χ1v) is 12.0. The van der Waals surface area contributed by atoms with Crippen LogP contribution in [0, 0.1) is 39.9 Å². The molecule has 0 bridgehead atoms. The molecule has 1 heterocycles. The highest BCUT2D eigenvalue weighted by atomic mass is 16.2.